The Morgan fingerprint density at radius 3 is 2.80 bits per heavy atom. The van der Waals surface area contributed by atoms with Crippen molar-refractivity contribution in [3.05, 3.63) is 42.0 Å². The predicted molar refractivity (Wildman–Crippen MR) is 112 cm³/mol. The van der Waals surface area contributed by atoms with E-state index in [-0.39, 0.29) is 6.04 Å². The maximum Gasteiger partial charge on any atom is 0.412 e. The lowest BCUT2D eigenvalue weighted by Crippen LogP contribution is -2.41. The number of anilines is 1. The maximum absolute atomic E-state index is 11.9. The number of imidazole rings is 1. The van der Waals surface area contributed by atoms with E-state index in [0.717, 1.165) is 41.0 Å². The van der Waals surface area contributed by atoms with Crippen LogP contribution in [0.4, 0.5) is 10.5 Å². The molecule has 0 bridgehead atoms. The van der Waals surface area contributed by atoms with Crippen molar-refractivity contribution in [3.8, 4) is 0 Å². The number of amides is 1. The molecule has 1 aromatic carbocycles. The van der Waals surface area contributed by atoms with Crippen LogP contribution >= 0.6 is 0 Å². The van der Waals surface area contributed by atoms with Crippen molar-refractivity contribution in [3.63, 3.8) is 0 Å². The fourth-order valence-corrected chi connectivity index (χ4v) is 4.20. The summed E-state index contributed by atoms with van der Waals surface area (Å²) < 4.78 is 14.8. The summed E-state index contributed by atoms with van der Waals surface area (Å²) in [5, 5.41) is 14.0. The molecule has 3 heterocycles. The number of hydrogen-bond donors (Lipinski definition) is 1. The smallest absolute Gasteiger partial charge is 0.412 e. The summed E-state index contributed by atoms with van der Waals surface area (Å²) in [5.41, 5.74) is 3.53. The molecular weight excluding hydrogens is 386 g/mol. The van der Waals surface area contributed by atoms with Gasteiger partial charge < -0.3 is 19.1 Å². The van der Waals surface area contributed by atoms with Gasteiger partial charge in [0.2, 0.25) is 0 Å². The lowest BCUT2D eigenvalue weighted by molar-refractivity contribution is -0.110. The third kappa shape index (κ3) is 3.66. The monoisotopic (exact) mass is 413 g/mol. The van der Waals surface area contributed by atoms with E-state index in [2.05, 4.69) is 9.67 Å². The minimum absolute atomic E-state index is 0.0554. The van der Waals surface area contributed by atoms with Crippen molar-refractivity contribution in [1.82, 2.24) is 19.3 Å². The number of rotatable bonds is 7. The Labute approximate surface area is 174 Å². The van der Waals surface area contributed by atoms with Crippen molar-refractivity contribution in [2.45, 2.75) is 51.6 Å². The molecule has 0 fully saturated rings. The van der Waals surface area contributed by atoms with Crippen molar-refractivity contribution >= 4 is 22.8 Å². The molecule has 4 rings (SSSR count). The first-order valence-corrected chi connectivity index (χ1v) is 10.1. The minimum Gasteiger partial charge on any atom is -0.465 e. The van der Waals surface area contributed by atoms with Crippen molar-refractivity contribution in [2.24, 2.45) is 0 Å². The van der Waals surface area contributed by atoms with E-state index in [1.165, 1.54) is 4.90 Å². The van der Waals surface area contributed by atoms with Crippen molar-refractivity contribution in [1.29, 1.82) is 0 Å². The fourth-order valence-electron chi connectivity index (χ4n) is 4.20. The number of benzene rings is 1. The molecule has 0 unspecified atom stereocenters. The zero-order valence-electron chi connectivity index (χ0n) is 17.5. The van der Waals surface area contributed by atoms with E-state index < -0.39 is 12.4 Å². The molecule has 1 atom stereocenters. The molecular formula is C21H27N5O4. The number of nitrogens with zero attached hydrogens (tertiary/aromatic N) is 5. The normalized spacial score (nSPS) is 16.4. The number of carboxylic acid groups (broad SMARTS) is 1. The highest BCUT2D eigenvalue weighted by Gasteiger charge is 2.30. The van der Waals surface area contributed by atoms with Gasteiger partial charge in [0.05, 0.1) is 23.3 Å². The summed E-state index contributed by atoms with van der Waals surface area (Å²) in [7, 11) is 3.23. The molecule has 2 aromatic heterocycles. The van der Waals surface area contributed by atoms with Crippen LogP contribution in [-0.4, -0.2) is 57.1 Å². The van der Waals surface area contributed by atoms with Gasteiger partial charge in [-0.2, -0.15) is 5.10 Å². The predicted octanol–water partition coefficient (Wildman–Crippen LogP) is 2.91. The van der Waals surface area contributed by atoms with Gasteiger partial charge in [0, 0.05) is 51.2 Å². The van der Waals surface area contributed by atoms with E-state index in [1.807, 2.05) is 36.0 Å². The molecule has 0 aliphatic carbocycles. The second-order valence-corrected chi connectivity index (χ2v) is 7.53. The van der Waals surface area contributed by atoms with E-state index in [0.29, 0.717) is 19.5 Å². The first kappa shape index (κ1) is 20.4. The highest BCUT2D eigenvalue weighted by Crippen LogP contribution is 2.36. The summed E-state index contributed by atoms with van der Waals surface area (Å²) in [4.78, 5) is 18.3. The Morgan fingerprint density at radius 2 is 2.13 bits per heavy atom. The van der Waals surface area contributed by atoms with E-state index in [1.54, 1.807) is 20.4 Å². The molecule has 160 valence electrons. The average molecular weight is 413 g/mol. The zero-order chi connectivity index (χ0) is 21.3. The van der Waals surface area contributed by atoms with Gasteiger partial charge in [-0.1, -0.05) is 0 Å². The average Bonchev–Trinajstić information content (AvgIpc) is 3.37. The van der Waals surface area contributed by atoms with Crippen LogP contribution in [0.5, 0.6) is 0 Å². The van der Waals surface area contributed by atoms with Crippen molar-refractivity contribution in [2.75, 3.05) is 19.1 Å². The second kappa shape index (κ2) is 8.45. The summed E-state index contributed by atoms with van der Waals surface area (Å²) in [6.45, 7) is 3.13. The van der Waals surface area contributed by atoms with Gasteiger partial charge in [0.25, 0.3) is 0 Å². The number of hydrogen-bond acceptors (Lipinski definition) is 5. The summed E-state index contributed by atoms with van der Waals surface area (Å²) in [5.74, 6) is 0.897. The SMILES string of the molecule is COC(Cn1c(CCn2cccn2)nc2c3c(ccc21)N(C(=O)O)[C@@H](C)CC3)OC. The van der Waals surface area contributed by atoms with Crippen LogP contribution in [0.2, 0.25) is 0 Å². The number of ether oxygens (including phenoxy) is 2. The number of aromatic nitrogens is 4. The first-order valence-electron chi connectivity index (χ1n) is 10.1. The number of carbonyl (C=O) groups is 1. The molecule has 3 aromatic rings. The highest BCUT2D eigenvalue weighted by molar-refractivity contribution is 5.94. The quantitative estimate of drug-likeness (QED) is 0.599. The Morgan fingerprint density at radius 1 is 1.33 bits per heavy atom. The standard InChI is InChI=1S/C21H27N5O4/c1-14-5-6-15-16(26(14)21(27)28)7-8-17-20(15)23-18(9-12-24-11-4-10-22-24)25(17)13-19(29-2)30-3/h4,7-8,10-11,14,19H,5-6,9,12-13H2,1-3H3,(H,27,28)/t14-/m0/s1. The van der Waals surface area contributed by atoms with Gasteiger partial charge in [-0.05, 0) is 38.0 Å². The van der Waals surface area contributed by atoms with Crippen LogP contribution in [-0.2, 0) is 35.4 Å². The molecule has 9 nitrogen and oxygen atoms in total. The second-order valence-electron chi connectivity index (χ2n) is 7.53. The van der Waals surface area contributed by atoms with Crippen LogP contribution in [0.15, 0.2) is 30.6 Å². The molecule has 1 N–H and O–H groups in total. The molecule has 30 heavy (non-hydrogen) atoms. The summed E-state index contributed by atoms with van der Waals surface area (Å²) >= 11 is 0. The van der Waals surface area contributed by atoms with Crippen LogP contribution in [0.25, 0.3) is 11.0 Å². The van der Waals surface area contributed by atoms with Crippen LogP contribution < -0.4 is 4.90 Å². The van der Waals surface area contributed by atoms with E-state index >= 15 is 0 Å². The molecule has 9 heteroatoms. The number of fused-ring (bicyclic) bond motifs is 3. The third-order valence-electron chi connectivity index (χ3n) is 5.78. The molecule has 0 saturated heterocycles. The zero-order valence-corrected chi connectivity index (χ0v) is 17.5. The number of aryl methyl sites for hydroxylation is 3. The Kier molecular flexibility index (Phi) is 5.74. The summed E-state index contributed by atoms with van der Waals surface area (Å²) in [6, 6.07) is 5.69. The van der Waals surface area contributed by atoms with E-state index in [4.69, 9.17) is 14.5 Å². The van der Waals surface area contributed by atoms with Gasteiger partial charge >= 0.3 is 6.09 Å². The molecule has 0 radical (unpaired) electrons. The first-order chi connectivity index (χ1) is 14.5. The van der Waals surface area contributed by atoms with Gasteiger partial charge in [0.15, 0.2) is 6.29 Å². The van der Waals surface area contributed by atoms with Crippen molar-refractivity contribution < 1.29 is 19.4 Å². The topological polar surface area (TPSA) is 94.6 Å². The Bertz CT molecular complexity index is 1030. The molecule has 0 saturated carbocycles. The minimum atomic E-state index is -0.931. The van der Waals surface area contributed by atoms with Gasteiger partial charge in [-0.25, -0.2) is 9.78 Å². The molecule has 1 aliphatic heterocycles. The maximum atomic E-state index is 11.9. The van der Waals surface area contributed by atoms with Gasteiger partial charge in [0.1, 0.15) is 5.82 Å². The van der Waals surface area contributed by atoms with Crippen LogP contribution in [0.3, 0.4) is 0 Å². The lowest BCUT2D eigenvalue weighted by Gasteiger charge is -2.33. The molecule has 1 aliphatic rings. The van der Waals surface area contributed by atoms with Crippen LogP contribution in [0, 0.1) is 0 Å². The highest BCUT2D eigenvalue weighted by atomic mass is 16.7. The fraction of sp³-hybridized carbons (Fsp3) is 0.476. The van der Waals surface area contributed by atoms with Gasteiger partial charge in [-0.3, -0.25) is 9.58 Å². The molecule has 0 spiro atoms. The van der Waals surface area contributed by atoms with E-state index in [9.17, 15) is 9.90 Å². The third-order valence-corrected chi connectivity index (χ3v) is 5.78. The summed E-state index contributed by atoms with van der Waals surface area (Å²) in [6.07, 6.45) is 4.60. The lowest BCUT2D eigenvalue weighted by atomic mass is 9.96. The van der Waals surface area contributed by atoms with Crippen LogP contribution in [0.1, 0.15) is 24.7 Å². The number of methoxy groups -OCH3 is 2. The molecule has 1 amide bonds. The van der Waals surface area contributed by atoms with Gasteiger partial charge in [-0.15, -0.1) is 0 Å². The Balaban J connectivity index is 1.79. The Hall–Kier alpha value is -2.91. The largest absolute Gasteiger partial charge is 0.465 e.